The van der Waals surface area contributed by atoms with E-state index < -0.39 is 0 Å². The van der Waals surface area contributed by atoms with Crippen LogP contribution in [0.1, 0.15) is 11.3 Å². The van der Waals surface area contributed by atoms with Gasteiger partial charge in [-0.05, 0) is 18.1 Å². The number of fused-ring (bicyclic) bond motifs is 1. The average molecular weight is 394 g/mol. The second kappa shape index (κ2) is 6.65. The first-order valence-corrected chi connectivity index (χ1v) is 3.74. The van der Waals surface area contributed by atoms with Crippen molar-refractivity contribution in [3.63, 3.8) is 0 Å². The van der Waals surface area contributed by atoms with Gasteiger partial charge in [0.25, 0.3) is 0 Å². The van der Waals surface area contributed by atoms with Crippen LogP contribution >= 0.6 is 0 Å². The SMILES string of the molecule is Cc1[nH]c2ccc[c-]c2c1C.[Cl-].[Cl-].[Hf]. The topological polar surface area (TPSA) is 15.8 Å². The largest absolute Gasteiger partial charge is 1.00 e. The van der Waals surface area contributed by atoms with E-state index in [0.717, 1.165) is 0 Å². The second-order valence-electron chi connectivity index (χ2n) is 2.83. The first-order valence-electron chi connectivity index (χ1n) is 3.74. The van der Waals surface area contributed by atoms with E-state index in [0.29, 0.717) is 0 Å². The Kier molecular flexibility index (Phi) is 7.90. The van der Waals surface area contributed by atoms with Gasteiger partial charge in [-0.15, -0.1) is 35.2 Å². The summed E-state index contributed by atoms with van der Waals surface area (Å²) < 4.78 is 0. The van der Waals surface area contributed by atoms with E-state index in [2.05, 4.69) is 31.0 Å². The van der Waals surface area contributed by atoms with Crippen LogP contribution in [0.4, 0.5) is 0 Å². The second-order valence-corrected chi connectivity index (χ2v) is 2.83. The maximum atomic E-state index is 3.30. The molecule has 76 valence electrons. The molecule has 0 bridgehead atoms. The molecule has 1 heterocycles. The van der Waals surface area contributed by atoms with Gasteiger partial charge in [0.05, 0.1) is 0 Å². The van der Waals surface area contributed by atoms with Crippen molar-refractivity contribution in [1.82, 2.24) is 4.98 Å². The summed E-state index contributed by atoms with van der Waals surface area (Å²) in [5, 5.41) is 1.21. The zero-order chi connectivity index (χ0) is 7.84. The van der Waals surface area contributed by atoms with Crippen molar-refractivity contribution in [3.8, 4) is 0 Å². The minimum Gasteiger partial charge on any atom is -1.00 e. The predicted molar refractivity (Wildman–Crippen MR) is 46.6 cm³/mol. The van der Waals surface area contributed by atoms with Gasteiger partial charge >= 0.3 is 0 Å². The Morgan fingerprint density at radius 1 is 1.21 bits per heavy atom. The number of aromatic nitrogens is 1. The molecule has 0 radical (unpaired) electrons. The zero-order valence-electron chi connectivity index (χ0n) is 7.99. The van der Waals surface area contributed by atoms with Gasteiger partial charge in [0.1, 0.15) is 0 Å². The molecule has 14 heavy (non-hydrogen) atoms. The summed E-state index contributed by atoms with van der Waals surface area (Å²) in [4.78, 5) is 3.30. The smallest absolute Gasteiger partial charge is 0 e. The fourth-order valence-electron chi connectivity index (χ4n) is 1.33. The standard InChI is InChI=1S/C10H10N.2ClH.Hf/c1-7-8(2)11-10-6-4-3-5-9(7)10;;;/h3-4,6,11H,1-2H3;2*1H;/q-1;;;/p-2. The molecular weight excluding hydrogens is 384 g/mol. The fraction of sp³-hybridized carbons (Fsp3) is 0.200. The van der Waals surface area contributed by atoms with Crippen molar-refractivity contribution < 1.29 is 50.7 Å². The number of rotatable bonds is 0. The van der Waals surface area contributed by atoms with Crippen LogP contribution in [0.15, 0.2) is 18.2 Å². The third kappa shape index (κ3) is 2.85. The van der Waals surface area contributed by atoms with Crippen LogP contribution in [-0.2, 0) is 25.8 Å². The molecule has 0 saturated carbocycles. The van der Waals surface area contributed by atoms with Crippen molar-refractivity contribution in [3.05, 3.63) is 35.5 Å². The summed E-state index contributed by atoms with van der Waals surface area (Å²) in [6, 6.07) is 9.23. The molecule has 0 saturated heterocycles. The van der Waals surface area contributed by atoms with E-state index >= 15 is 0 Å². The summed E-state index contributed by atoms with van der Waals surface area (Å²) in [5.41, 5.74) is 3.73. The first-order chi connectivity index (χ1) is 5.29. The zero-order valence-corrected chi connectivity index (χ0v) is 13.1. The van der Waals surface area contributed by atoms with Gasteiger partial charge in [-0.2, -0.15) is 0 Å². The Hall–Kier alpha value is 0.210. The van der Waals surface area contributed by atoms with Crippen molar-refractivity contribution in [2.24, 2.45) is 0 Å². The summed E-state index contributed by atoms with van der Waals surface area (Å²) in [7, 11) is 0. The van der Waals surface area contributed by atoms with Gasteiger partial charge in [-0.3, -0.25) is 0 Å². The Morgan fingerprint density at radius 3 is 2.43 bits per heavy atom. The average Bonchev–Trinajstić information content (AvgIpc) is 2.30. The molecule has 1 aromatic carbocycles. The fourth-order valence-corrected chi connectivity index (χ4v) is 1.33. The van der Waals surface area contributed by atoms with E-state index in [1.807, 2.05) is 12.1 Å². The number of hydrogen-bond acceptors (Lipinski definition) is 0. The van der Waals surface area contributed by atoms with E-state index in [1.165, 1.54) is 22.2 Å². The van der Waals surface area contributed by atoms with Crippen LogP contribution in [0.25, 0.3) is 10.9 Å². The first kappa shape index (κ1) is 16.6. The van der Waals surface area contributed by atoms with E-state index in [1.54, 1.807) is 0 Å². The Balaban J connectivity index is 0. The molecule has 1 nitrogen and oxygen atoms in total. The summed E-state index contributed by atoms with van der Waals surface area (Å²) in [5.74, 6) is 0. The van der Waals surface area contributed by atoms with Crippen molar-refractivity contribution in [2.75, 3.05) is 0 Å². The molecule has 0 aliphatic carbocycles. The molecule has 2 rings (SSSR count). The molecule has 2 aromatic rings. The van der Waals surface area contributed by atoms with Gasteiger partial charge < -0.3 is 29.8 Å². The minimum atomic E-state index is 0. The van der Waals surface area contributed by atoms with Gasteiger partial charge in [0.15, 0.2) is 0 Å². The van der Waals surface area contributed by atoms with E-state index in [9.17, 15) is 0 Å². The van der Waals surface area contributed by atoms with Crippen LogP contribution in [0.2, 0.25) is 0 Å². The number of aromatic amines is 1. The van der Waals surface area contributed by atoms with Crippen molar-refractivity contribution >= 4 is 10.9 Å². The number of halogens is 2. The van der Waals surface area contributed by atoms with Crippen molar-refractivity contribution in [1.29, 1.82) is 0 Å². The quantitative estimate of drug-likeness (QED) is 0.355. The monoisotopic (exact) mass is 394 g/mol. The van der Waals surface area contributed by atoms with Crippen LogP contribution in [-0.4, -0.2) is 4.98 Å². The molecule has 0 aliphatic heterocycles. The van der Waals surface area contributed by atoms with Gasteiger partial charge in [-0.25, -0.2) is 0 Å². The molecule has 1 aromatic heterocycles. The Labute approximate surface area is 115 Å². The summed E-state index contributed by atoms with van der Waals surface area (Å²) in [6.07, 6.45) is 0. The minimum absolute atomic E-state index is 0. The summed E-state index contributed by atoms with van der Waals surface area (Å²) in [6.45, 7) is 4.20. The molecule has 0 unspecified atom stereocenters. The normalized spacial score (nSPS) is 8.43. The van der Waals surface area contributed by atoms with Crippen LogP contribution in [0.5, 0.6) is 0 Å². The number of hydrogen-bond donors (Lipinski definition) is 1. The van der Waals surface area contributed by atoms with Crippen LogP contribution in [0, 0.1) is 19.9 Å². The van der Waals surface area contributed by atoms with Crippen LogP contribution < -0.4 is 24.8 Å². The molecular formula is C10H10Cl2HfN-3. The Morgan fingerprint density at radius 2 is 1.86 bits per heavy atom. The molecule has 1 N–H and O–H groups in total. The molecule has 0 aliphatic rings. The Bertz CT molecular complexity index is 398. The van der Waals surface area contributed by atoms with Gasteiger partial charge in [0, 0.05) is 25.8 Å². The predicted octanol–water partition coefficient (Wildman–Crippen LogP) is -3.41. The van der Waals surface area contributed by atoms with Gasteiger partial charge in [-0.1, -0.05) is 6.92 Å². The number of aryl methyl sites for hydroxylation is 2. The van der Waals surface area contributed by atoms with Crippen molar-refractivity contribution in [2.45, 2.75) is 13.8 Å². The third-order valence-corrected chi connectivity index (χ3v) is 2.12. The number of benzene rings is 1. The third-order valence-electron chi connectivity index (χ3n) is 2.12. The van der Waals surface area contributed by atoms with E-state index in [-0.39, 0.29) is 50.7 Å². The maximum Gasteiger partial charge on any atom is 0 e. The molecule has 4 heteroatoms. The molecule has 0 atom stereocenters. The van der Waals surface area contributed by atoms with Crippen LogP contribution in [0.3, 0.4) is 0 Å². The molecule has 0 spiro atoms. The van der Waals surface area contributed by atoms with E-state index in [4.69, 9.17) is 0 Å². The maximum absolute atomic E-state index is 3.30. The molecule has 0 fully saturated rings. The summed E-state index contributed by atoms with van der Waals surface area (Å²) >= 11 is 0. The van der Waals surface area contributed by atoms with Gasteiger partial charge in [0.2, 0.25) is 0 Å². The number of nitrogens with one attached hydrogen (secondary N) is 1. The molecule has 0 amide bonds. The number of H-pyrrole nitrogens is 1.